The molecule has 2 aliphatic heterocycles. The van der Waals surface area contributed by atoms with Gasteiger partial charge in [-0.2, -0.15) is 0 Å². The van der Waals surface area contributed by atoms with Crippen LogP contribution in [-0.4, -0.2) is 39.4 Å². The van der Waals surface area contributed by atoms with Crippen LogP contribution in [0.2, 0.25) is 0 Å². The molecule has 0 radical (unpaired) electrons. The molecule has 1 amide bonds. The van der Waals surface area contributed by atoms with Gasteiger partial charge in [-0.1, -0.05) is 71.1 Å². The summed E-state index contributed by atoms with van der Waals surface area (Å²) in [5.74, 6) is 0. The van der Waals surface area contributed by atoms with Crippen LogP contribution in [-0.2, 0) is 4.74 Å². The molecule has 2 fully saturated rings. The Morgan fingerprint density at radius 1 is 0.931 bits per heavy atom. The number of carbonyl (C=O) groups is 1. The summed E-state index contributed by atoms with van der Waals surface area (Å²) in [4.78, 5) is 14.7. The second-order valence-electron chi connectivity index (χ2n) is 10.7. The Balaban J connectivity index is 1.69. The summed E-state index contributed by atoms with van der Waals surface area (Å²) in [6.45, 7) is 8.03. The molecule has 29 heavy (non-hydrogen) atoms. The van der Waals surface area contributed by atoms with Crippen LogP contribution in [0.15, 0.2) is 0 Å². The van der Waals surface area contributed by atoms with Crippen LogP contribution < -0.4 is 0 Å². The Kier molecular flexibility index (Phi) is 9.78. The summed E-state index contributed by atoms with van der Waals surface area (Å²) in [6, 6.07) is 0.288. The lowest BCUT2D eigenvalue weighted by molar-refractivity contribution is -0.0965. The van der Waals surface area contributed by atoms with Crippen LogP contribution in [0.4, 0.5) is 4.79 Å². The van der Waals surface area contributed by atoms with E-state index >= 15 is 0 Å². The van der Waals surface area contributed by atoms with Gasteiger partial charge in [0.15, 0.2) is 0 Å². The van der Waals surface area contributed by atoms with Gasteiger partial charge in [-0.25, -0.2) is 4.79 Å². The molecule has 2 aliphatic rings. The van der Waals surface area contributed by atoms with Crippen molar-refractivity contribution in [3.8, 4) is 0 Å². The largest absolute Gasteiger partial charge is 0.444 e. The van der Waals surface area contributed by atoms with Crippen LogP contribution >= 0.6 is 0 Å². The zero-order valence-electron chi connectivity index (χ0n) is 19.7. The third-order valence-electron chi connectivity index (χ3n) is 6.69. The molecule has 0 spiro atoms. The zero-order chi connectivity index (χ0) is 21.3. The van der Waals surface area contributed by atoms with Crippen molar-refractivity contribution in [1.29, 1.82) is 0 Å². The number of hydrogen-bond acceptors (Lipinski definition) is 3. The first-order valence-electron chi connectivity index (χ1n) is 12.5. The van der Waals surface area contributed by atoms with Gasteiger partial charge in [-0.3, -0.25) is 0 Å². The lowest BCUT2D eigenvalue weighted by Gasteiger charge is -2.51. The van der Waals surface area contributed by atoms with Gasteiger partial charge in [0.25, 0.3) is 0 Å². The first kappa shape index (κ1) is 24.5. The van der Waals surface area contributed by atoms with Crippen LogP contribution in [0.3, 0.4) is 0 Å². The molecule has 0 aromatic heterocycles. The lowest BCUT2D eigenvalue weighted by atomic mass is 9.73. The Morgan fingerprint density at radius 3 is 1.90 bits per heavy atom. The fourth-order valence-electron chi connectivity index (χ4n) is 5.29. The number of unbranched alkanes of at least 4 members (excludes halogenated alkanes) is 9. The van der Waals surface area contributed by atoms with Crippen molar-refractivity contribution < 1.29 is 14.6 Å². The van der Waals surface area contributed by atoms with Gasteiger partial charge >= 0.3 is 6.09 Å². The molecular weight excluding hydrogens is 362 g/mol. The second-order valence-corrected chi connectivity index (χ2v) is 10.7. The van der Waals surface area contributed by atoms with Gasteiger partial charge in [0.2, 0.25) is 0 Å². The maximum absolute atomic E-state index is 12.7. The van der Waals surface area contributed by atoms with E-state index in [1.54, 1.807) is 0 Å². The van der Waals surface area contributed by atoms with E-state index in [9.17, 15) is 9.90 Å². The first-order valence-corrected chi connectivity index (χ1v) is 12.5. The van der Waals surface area contributed by atoms with Crippen LogP contribution in [0.1, 0.15) is 130 Å². The maximum Gasteiger partial charge on any atom is 0.410 e. The normalized spacial score (nSPS) is 27.1. The third kappa shape index (κ3) is 8.47. The molecule has 2 saturated heterocycles. The van der Waals surface area contributed by atoms with E-state index in [4.69, 9.17) is 4.74 Å². The highest BCUT2D eigenvalue weighted by Crippen LogP contribution is 2.42. The van der Waals surface area contributed by atoms with E-state index in [0.29, 0.717) is 0 Å². The van der Waals surface area contributed by atoms with Gasteiger partial charge in [0.1, 0.15) is 5.60 Å². The minimum Gasteiger partial charge on any atom is -0.444 e. The average Bonchev–Trinajstić information content (AvgIpc) is 2.61. The summed E-state index contributed by atoms with van der Waals surface area (Å²) in [7, 11) is 0. The van der Waals surface area contributed by atoms with Crippen molar-refractivity contribution in [2.75, 3.05) is 0 Å². The predicted octanol–water partition coefficient (Wildman–Crippen LogP) is 6.98. The molecule has 0 saturated carbocycles. The monoisotopic (exact) mass is 409 g/mol. The minimum absolute atomic E-state index is 0.144. The van der Waals surface area contributed by atoms with Crippen molar-refractivity contribution in [3.05, 3.63) is 0 Å². The predicted molar refractivity (Wildman–Crippen MR) is 120 cm³/mol. The molecule has 2 rings (SSSR count). The standard InChI is InChI=1S/C25H47NO3/c1-5-6-7-8-9-10-11-12-13-14-18-25(28)19-21-16-15-17-22(20-25)26(21)23(27)29-24(2,3)4/h21-22,28H,5-20H2,1-4H3. The van der Waals surface area contributed by atoms with E-state index < -0.39 is 11.2 Å². The molecule has 2 bridgehead atoms. The molecule has 4 nitrogen and oxygen atoms in total. The van der Waals surface area contributed by atoms with E-state index in [1.165, 1.54) is 57.8 Å². The van der Waals surface area contributed by atoms with Crippen LogP contribution in [0, 0.1) is 0 Å². The number of carbonyl (C=O) groups excluding carboxylic acids is 1. The highest BCUT2D eigenvalue weighted by Gasteiger charge is 2.47. The van der Waals surface area contributed by atoms with Crippen LogP contribution in [0.5, 0.6) is 0 Å². The number of fused-ring (bicyclic) bond motifs is 2. The molecule has 0 aliphatic carbocycles. The summed E-state index contributed by atoms with van der Waals surface area (Å²) < 4.78 is 5.65. The van der Waals surface area contributed by atoms with Crippen molar-refractivity contribution in [1.82, 2.24) is 4.90 Å². The van der Waals surface area contributed by atoms with Gasteiger partial charge in [0.05, 0.1) is 5.60 Å². The van der Waals surface area contributed by atoms with Crippen molar-refractivity contribution in [2.45, 2.75) is 154 Å². The van der Waals surface area contributed by atoms with Crippen LogP contribution in [0.25, 0.3) is 0 Å². The van der Waals surface area contributed by atoms with Gasteiger partial charge in [-0.15, -0.1) is 0 Å². The SMILES string of the molecule is CCCCCCCCCCCCC1(O)CC2CCCC(C1)N2C(=O)OC(C)(C)C. The Hall–Kier alpha value is -0.770. The number of aliphatic hydroxyl groups is 1. The molecule has 0 aromatic rings. The lowest BCUT2D eigenvalue weighted by Crippen LogP contribution is -2.60. The fraction of sp³-hybridized carbons (Fsp3) is 0.960. The number of piperidine rings is 2. The number of ether oxygens (including phenoxy) is 1. The van der Waals surface area contributed by atoms with Crippen molar-refractivity contribution in [2.24, 2.45) is 0 Å². The van der Waals surface area contributed by atoms with E-state index in [2.05, 4.69) is 6.92 Å². The number of hydrogen-bond donors (Lipinski definition) is 1. The Bertz CT molecular complexity index is 471. The summed E-state index contributed by atoms with van der Waals surface area (Å²) in [5, 5.41) is 11.3. The molecule has 0 aromatic carbocycles. The smallest absolute Gasteiger partial charge is 0.410 e. The van der Waals surface area contributed by atoms with E-state index in [-0.39, 0.29) is 18.2 Å². The molecular formula is C25H47NO3. The van der Waals surface area contributed by atoms with Gasteiger partial charge < -0.3 is 14.7 Å². The van der Waals surface area contributed by atoms with Gasteiger partial charge in [-0.05, 0) is 59.3 Å². The minimum atomic E-state index is -0.589. The summed E-state index contributed by atoms with van der Waals surface area (Å²) >= 11 is 0. The number of rotatable bonds is 11. The van der Waals surface area contributed by atoms with E-state index in [0.717, 1.165) is 44.9 Å². The molecule has 2 heterocycles. The number of amides is 1. The second kappa shape index (κ2) is 11.6. The van der Waals surface area contributed by atoms with E-state index in [1.807, 2.05) is 25.7 Å². The third-order valence-corrected chi connectivity index (χ3v) is 6.69. The zero-order valence-corrected chi connectivity index (χ0v) is 19.7. The quantitative estimate of drug-likeness (QED) is 0.374. The molecule has 1 N–H and O–H groups in total. The van der Waals surface area contributed by atoms with Gasteiger partial charge in [0, 0.05) is 12.1 Å². The Morgan fingerprint density at radius 2 is 1.41 bits per heavy atom. The molecule has 2 unspecified atom stereocenters. The van der Waals surface area contributed by atoms with Crippen molar-refractivity contribution >= 4 is 6.09 Å². The topological polar surface area (TPSA) is 49.8 Å². The Labute approximate surface area is 179 Å². The fourth-order valence-corrected chi connectivity index (χ4v) is 5.29. The summed E-state index contributed by atoms with van der Waals surface area (Å²) in [5.41, 5.74) is -1.05. The number of nitrogens with zero attached hydrogens (tertiary/aromatic N) is 1. The maximum atomic E-state index is 12.7. The average molecular weight is 410 g/mol. The highest BCUT2D eigenvalue weighted by atomic mass is 16.6. The highest BCUT2D eigenvalue weighted by molar-refractivity contribution is 5.69. The molecule has 2 atom stereocenters. The molecule has 4 heteroatoms. The molecule has 170 valence electrons. The summed E-state index contributed by atoms with van der Waals surface area (Å²) in [6.07, 6.45) is 18.5. The first-order chi connectivity index (χ1) is 13.7. The van der Waals surface area contributed by atoms with Crippen molar-refractivity contribution in [3.63, 3.8) is 0 Å².